The number of hydrogen-bond donors (Lipinski definition) is 2. The zero-order valence-corrected chi connectivity index (χ0v) is 15.7. The second kappa shape index (κ2) is 7.25. The van der Waals surface area contributed by atoms with Crippen molar-refractivity contribution < 1.29 is 10.2 Å². The smallest absolute Gasteiger partial charge is 0.118 e. The summed E-state index contributed by atoms with van der Waals surface area (Å²) < 4.78 is 0. The number of hydrogen-bond acceptors (Lipinski definition) is 2. The van der Waals surface area contributed by atoms with E-state index in [1.54, 1.807) is 12.1 Å². The third kappa shape index (κ3) is 3.08. The Morgan fingerprint density at radius 3 is 1.54 bits per heavy atom. The molecule has 0 aromatic heterocycles. The molecule has 134 valence electrons. The molecule has 2 nitrogen and oxygen atoms in total. The van der Waals surface area contributed by atoms with E-state index in [4.69, 9.17) is 0 Å². The van der Waals surface area contributed by atoms with Crippen molar-refractivity contribution in [3.05, 3.63) is 94.5 Å². The Balaban J connectivity index is 2.28. The molecule has 0 radical (unpaired) electrons. The topological polar surface area (TPSA) is 40.5 Å². The van der Waals surface area contributed by atoms with Crippen LogP contribution in [0.5, 0.6) is 11.5 Å². The maximum atomic E-state index is 10.1. The largest absolute Gasteiger partial charge is 0.508 e. The monoisotopic (exact) mass is 346 g/mol. The van der Waals surface area contributed by atoms with Gasteiger partial charge in [-0.3, -0.25) is 0 Å². The van der Waals surface area contributed by atoms with Crippen molar-refractivity contribution in [3.63, 3.8) is 0 Å². The van der Waals surface area contributed by atoms with Crippen molar-refractivity contribution in [1.82, 2.24) is 0 Å². The third-order valence-corrected chi connectivity index (χ3v) is 5.43. The van der Waals surface area contributed by atoms with E-state index >= 15 is 0 Å². The molecule has 0 fully saturated rings. The summed E-state index contributed by atoms with van der Waals surface area (Å²) in [7, 11) is 0. The van der Waals surface area contributed by atoms with E-state index < -0.39 is 0 Å². The van der Waals surface area contributed by atoms with Crippen LogP contribution in [0.2, 0.25) is 0 Å². The second-order valence-electron chi connectivity index (χ2n) is 6.89. The zero-order valence-electron chi connectivity index (χ0n) is 15.7. The molecule has 2 heteroatoms. The SMILES string of the molecule is CCc1cc(C(C)(c2ccccc2)c2ccc(O)c(CC)c2)ccc1O. The molecule has 0 aliphatic rings. The minimum atomic E-state index is -0.378. The molecule has 0 heterocycles. The maximum absolute atomic E-state index is 10.1. The lowest BCUT2D eigenvalue weighted by molar-refractivity contribution is 0.467. The van der Waals surface area contributed by atoms with Gasteiger partial charge in [-0.25, -0.2) is 0 Å². The summed E-state index contributed by atoms with van der Waals surface area (Å²) in [5.74, 6) is 0.679. The van der Waals surface area contributed by atoms with Gasteiger partial charge < -0.3 is 10.2 Å². The average Bonchev–Trinajstić information content (AvgIpc) is 2.68. The van der Waals surface area contributed by atoms with E-state index in [0.717, 1.165) is 35.1 Å². The molecule has 0 unspecified atom stereocenters. The highest BCUT2D eigenvalue weighted by Crippen LogP contribution is 2.41. The van der Waals surface area contributed by atoms with Crippen LogP contribution in [0.25, 0.3) is 0 Å². The molecule has 0 saturated carbocycles. The molecular formula is C24H26O2. The third-order valence-electron chi connectivity index (χ3n) is 5.43. The van der Waals surface area contributed by atoms with Crippen LogP contribution in [0.4, 0.5) is 0 Å². The summed E-state index contributed by atoms with van der Waals surface area (Å²) in [6.07, 6.45) is 1.56. The molecule has 3 aromatic carbocycles. The minimum Gasteiger partial charge on any atom is -0.508 e. The molecular weight excluding hydrogens is 320 g/mol. The summed E-state index contributed by atoms with van der Waals surface area (Å²) in [4.78, 5) is 0. The Hall–Kier alpha value is -2.74. The van der Waals surface area contributed by atoms with E-state index in [9.17, 15) is 10.2 Å². The summed E-state index contributed by atoms with van der Waals surface area (Å²) in [6, 6.07) is 22.2. The number of phenols is 2. The highest BCUT2D eigenvalue weighted by molar-refractivity contribution is 5.54. The Bertz CT molecular complexity index is 844. The van der Waals surface area contributed by atoms with E-state index in [-0.39, 0.29) is 5.41 Å². The predicted molar refractivity (Wildman–Crippen MR) is 107 cm³/mol. The van der Waals surface area contributed by atoms with Gasteiger partial charge in [0.2, 0.25) is 0 Å². The molecule has 0 spiro atoms. The predicted octanol–water partition coefficient (Wildman–Crippen LogP) is 5.58. The lowest BCUT2D eigenvalue weighted by Crippen LogP contribution is -2.25. The highest BCUT2D eigenvalue weighted by atomic mass is 16.3. The minimum absolute atomic E-state index is 0.339. The fraction of sp³-hybridized carbons (Fsp3) is 0.250. The Labute approximate surface area is 155 Å². The van der Waals surface area contributed by atoms with Crippen molar-refractivity contribution >= 4 is 0 Å². The van der Waals surface area contributed by atoms with E-state index in [1.165, 1.54) is 5.56 Å². The van der Waals surface area contributed by atoms with Crippen molar-refractivity contribution in [3.8, 4) is 11.5 Å². The molecule has 0 bridgehead atoms. The van der Waals surface area contributed by atoms with Gasteiger partial charge in [0, 0.05) is 5.41 Å². The molecule has 26 heavy (non-hydrogen) atoms. The van der Waals surface area contributed by atoms with Gasteiger partial charge in [-0.15, -0.1) is 0 Å². The lowest BCUT2D eigenvalue weighted by Gasteiger charge is -2.33. The van der Waals surface area contributed by atoms with Gasteiger partial charge in [0.25, 0.3) is 0 Å². The van der Waals surface area contributed by atoms with Gasteiger partial charge in [0.15, 0.2) is 0 Å². The summed E-state index contributed by atoms with van der Waals surface area (Å²) in [6.45, 7) is 6.31. The van der Waals surface area contributed by atoms with Gasteiger partial charge in [-0.1, -0.05) is 68.4 Å². The van der Waals surface area contributed by atoms with E-state index in [0.29, 0.717) is 11.5 Å². The Morgan fingerprint density at radius 2 is 1.12 bits per heavy atom. The fourth-order valence-corrected chi connectivity index (χ4v) is 3.63. The first kappa shape index (κ1) is 18.1. The molecule has 3 aromatic rings. The van der Waals surface area contributed by atoms with Crippen LogP contribution in [-0.4, -0.2) is 10.2 Å². The van der Waals surface area contributed by atoms with Crippen LogP contribution >= 0.6 is 0 Å². The van der Waals surface area contributed by atoms with Crippen molar-refractivity contribution in [1.29, 1.82) is 0 Å². The highest BCUT2D eigenvalue weighted by Gasteiger charge is 2.32. The van der Waals surface area contributed by atoms with E-state index in [1.807, 2.05) is 18.2 Å². The molecule has 2 N–H and O–H groups in total. The van der Waals surface area contributed by atoms with Gasteiger partial charge in [-0.05, 0) is 59.7 Å². The van der Waals surface area contributed by atoms with Crippen LogP contribution in [0, 0.1) is 0 Å². The van der Waals surface area contributed by atoms with Crippen LogP contribution in [0.1, 0.15) is 48.6 Å². The maximum Gasteiger partial charge on any atom is 0.118 e. The molecule has 0 saturated heterocycles. The molecule has 0 amide bonds. The number of aromatic hydroxyl groups is 2. The summed E-state index contributed by atoms with van der Waals surface area (Å²) in [5.41, 5.74) is 4.95. The first-order valence-electron chi connectivity index (χ1n) is 9.21. The first-order chi connectivity index (χ1) is 12.5. The van der Waals surface area contributed by atoms with Crippen molar-refractivity contribution in [2.45, 2.75) is 39.0 Å². The number of benzene rings is 3. The molecule has 0 atom stereocenters. The van der Waals surface area contributed by atoms with E-state index in [2.05, 4.69) is 57.2 Å². The summed E-state index contributed by atoms with van der Waals surface area (Å²) in [5, 5.41) is 20.3. The number of rotatable bonds is 5. The first-order valence-corrected chi connectivity index (χ1v) is 9.21. The Kier molecular flexibility index (Phi) is 5.03. The summed E-state index contributed by atoms with van der Waals surface area (Å²) >= 11 is 0. The standard InChI is InChI=1S/C24H26O2/c1-4-17-15-20(11-13-22(17)25)24(3,19-9-7-6-8-10-19)21-12-14-23(26)18(5-2)16-21/h6-16,25-26H,4-5H2,1-3H3. The van der Waals surface area contributed by atoms with Crippen molar-refractivity contribution in [2.75, 3.05) is 0 Å². The quantitative estimate of drug-likeness (QED) is 0.592. The van der Waals surface area contributed by atoms with Gasteiger partial charge in [-0.2, -0.15) is 0 Å². The van der Waals surface area contributed by atoms with Crippen LogP contribution in [-0.2, 0) is 18.3 Å². The molecule has 0 aliphatic heterocycles. The zero-order chi connectivity index (χ0) is 18.7. The Morgan fingerprint density at radius 1 is 0.654 bits per heavy atom. The fourth-order valence-electron chi connectivity index (χ4n) is 3.63. The molecule has 3 rings (SSSR count). The van der Waals surface area contributed by atoms with Gasteiger partial charge in [0.1, 0.15) is 11.5 Å². The number of aryl methyl sites for hydroxylation is 2. The van der Waals surface area contributed by atoms with Crippen LogP contribution in [0.3, 0.4) is 0 Å². The number of phenolic OH excluding ortho intramolecular Hbond substituents is 2. The van der Waals surface area contributed by atoms with Gasteiger partial charge >= 0.3 is 0 Å². The normalized spacial score (nSPS) is 11.5. The second-order valence-corrected chi connectivity index (χ2v) is 6.89. The van der Waals surface area contributed by atoms with Crippen LogP contribution in [0.15, 0.2) is 66.7 Å². The van der Waals surface area contributed by atoms with Gasteiger partial charge in [0.05, 0.1) is 0 Å². The molecule has 0 aliphatic carbocycles. The average molecular weight is 346 g/mol. The lowest BCUT2D eigenvalue weighted by atomic mass is 9.70. The van der Waals surface area contributed by atoms with Crippen LogP contribution < -0.4 is 0 Å². The van der Waals surface area contributed by atoms with Crippen molar-refractivity contribution in [2.24, 2.45) is 0 Å².